The van der Waals surface area contributed by atoms with E-state index in [1.165, 1.54) is 0 Å². The lowest BCUT2D eigenvalue weighted by atomic mass is 9.90. The van der Waals surface area contributed by atoms with Crippen LogP contribution in [0.4, 0.5) is 8.78 Å². The van der Waals surface area contributed by atoms with Gasteiger partial charge in [-0.05, 0) is 25.5 Å². The number of alkyl halides is 2. The SMILES string of the molecule is CC#CC1(O)C=CC(F)(F)CC1. The third kappa shape index (κ3) is 2.05. The second-order valence-electron chi connectivity index (χ2n) is 2.89. The van der Waals surface area contributed by atoms with Crippen LogP contribution >= 0.6 is 0 Å². The Morgan fingerprint density at radius 3 is 2.42 bits per heavy atom. The molecule has 0 heterocycles. The molecule has 0 saturated carbocycles. The Morgan fingerprint density at radius 1 is 1.33 bits per heavy atom. The second-order valence-corrected chi connectivity index (χ2v) is 2.89. The summed E-state index contributed by atoms with van der Waals surface area (Å²) in [5, 5.41) is 9.51. The van der Waals surface area contributed by atoms with Crippen molar-refractivity contribution in [1.29, 1.82) is 0 Å². The van der Waals surface area contributed by atoms with Gasteiger partial charge >= 0.3 is 0 Å². The van der Waals surface area contributed by atoms with Crippen molar-refractivity contribution in [2.75, 3.05) is 0 Å². The van der Waals surface area contributed by atoms with Crippen molar-refractivity contribution in [3.05, 3.63) is 12.2 Å². The molecule has 66 valence electrons. The largest absolute Gasteiger partial charge is 0.374 e. The van der Waals surface area contributed by atoms with E-state index < -0.39 is 11.5 Å². The summed E-state index contributed by atoms with van der Waals surface area (Å²) in [5.41, 5.74) is -1.34. The van der Waals surface area contributed by atoms with Crippen molar-refractivity contribution in [2.24, 2.45) is 0 Å². The molecule has 3 heteroatoms. The molecule has 1 rings (SSSR count). The van der Waals surface area contributed by atoms with Gasteiger partial charge in [-0.25, -0.2) is 8.78 Å². The summed E-state index contributed by atoms with van der Waals surface area (Å²) in [5.74, 6) is 2.22. The first kappa shape index (κ1) is 9.21. The standard InChI is InChI=1S/C9H10F2O/c1-2-3-8(12)4-6-9(10,11)7-5-8/h4,6,12H,5,7H2,1H3. The summed E-state index contributed by atoms with van der Waals surface area (Å²) < 4.78 is 25.1. The van der Waals surface area contributed by atoms with Crippen LogP contribution in [0.15, 0.2) is 12.2 Å². The van der Waals surface area contributed by atoms with Gasteiger partial charge in [-0.3, -0.25) is 0 Å². The number of hydrogen-bond acceptors (Lipinski definition) is 1. The number of hydrogen-bond donors (Lipinski definition) is 1. The fraction of sp³-hybridized carbons (Fsp3) is 0.556. The van der Waals surface area contributed by atoms with Crippen molar-refractivity contribution >= 4 is 0 Å². The molecule has 12 heavy (non-hydrogen) atoms. The van der Waals surface area contributed by atoms with Crippen molar-refractivity contribution in [3.63, 3.8) is 0 Å². The topological polar surface area (TPSA) is 20.2 Å². The van der Waals surface area contributed by atoms with E-state index in [1.54, 1.807) is 6.92 Å². The van der Waals surface area contributed by atoms with E-state index in [4.69, 9.17) is 0 Å². The van der Waals surface area contributed by atoms with Gasteiger partial charge in [0.25, 0.3) is 5.92 Å². The molecule has 0 radical (unpaired) electrons. The molecule has 0 aromatic heterocycles. The molecular formula is C9H10F2O. The van der Waals surface area contributed by atoms with Crippen LogP contribution in [0.3, 0.4) is 0 Å². The summed E-state index contributed by atoms with van der Waals surface area (Å²) in [6.45, 7) is 1.57. The third-order valence-electron chi connectivity index (χ3n) is 1.78. The van der Waals surface area contributed by atoms with E-state index in [2.05, 4.69) is 11.8 Å². The molecule has 0 amide bonds. The molecule has 1 nitrogen and oxygen atoms in total. The highest BCUT2D eigenvalue weighted by Gasteiger charge is 2.36. The van der Waals surface area contributed by atoms with Gasteiger partial charge in [-0.2, -0.15) is 0 Å². The number of rotatable bonds is 0. The lowest BCUT2D eigenvalue weighted by molar-refractivity contribution is 0.00708. The van der Waals surface area contributed by atoms with E-state index in [0.29, 0.717) is 0 Å². The van der Waals surface area contributed by atoms with Gasteiger partial charge in [0.15, 0.2) is 0 Å². The van der Waals surface area contributed by atoms with Crippen LogP contribution in [-0.4, -0.2) is 16.6 Å². The third-order valence-corrected chi connectivity index (χ3v) is 1.78. The molecule has 0 aromatic carbocycles. The number of aliphatic hydroxyl groups is 1. The van der Waals surface area contributed by atoms with Gasteiger partial charge in [-0.1, -0.05) is 5.92 Å². The monoisotopic (exact) mass is 172 g/mol. The molecular weight excluding hydrogens is 162 g/mol. The molecule has 1 aliphatic carbocycles. The van der Waals surface area contributed by atoms with E-state index in [-0.39, 0.29) is 12.8 Å². The zero-order valence-corrected chi connectivity index (χ0v) is 6.77. The number of allylic oxidation sites excluding steroid dienone is 1. The first-order chi connectivity index (χ1) is 5.47. The molecule has 0 fully saturated rings. The van der Waals surface area contributed by atoms with Crippen molar-refractivity contribution < 1.29 is 13.9 Å². The Balaban J connectivity index is 2.81. The highest BCUT2D eigenvalue weighted by Crippen LogP contribution is 2.32. The van der Waals surface area contributed by atoms with Gasteiger partial charge < -0.3 is 5.11 Å². The van der Waals surface area contributed by atoms with Gasteiger partial charge in [-0.15, -0.1) is 5.92 Å². The average Bonchev–Trinajstić information content (AvgIpc) is 1.98. The Bertz CT molecular complexity index is 259. The maximum atomic E-state index is 12.5. The molecule has 0 bridgehead atoms. The highest BCUT2D eigenvalue weighted by atomic mass is 19.3. The minimum Gasteiger partial charge on any atom is -0.374 e. The quantitative estimate of drug-likeness (QED) is 0.435. The molecule has 0 saturated heterocycles. The van der Waals surface area contributed by atoms with Crippen LogP contribution in [0, 0.1) is 11.8 Å². The van der Waals surface area contributed by atoms with E-state index in [1.807, 2.05) is 0 Å². The molecule has 0 spiro atoms. The fourth-order valence-corrected chi connectivity index (χ4v) is 1.10. The van der Waals surface area contributed by atoms with Crippen LogP contribution < -0.4 is 0 Å². The van der Waals surface area contributed by atoms with Crippen LogP contribution in [0.5, 0.6) is 0 Å². The van der Waals surface area contributed by atoms with Gasteiger partial charge in [0.2, 0.25) is 0 Å². The van der Waals surface area contributed by atoms with Crippen molar-refractivity contribution in [3.8, 4) is 11.8 Å². The van der Waals surface area contributed by atoms with E-state index >= 15 is 0 Å². The van der Waals surface area contributed by atoms with E-state index in [9.17, 15) is 13.9 Å². The summed E-state index contributed by atoms with van der Waals surface area (Å²) in [6.07, 6.45) is 1.46. The summed E-state index contributed by atoms with van der Waals surface area (Å²) >= 11 is 0. The minimum absolute atomic E-state index is 0.00264. The zero-order chi connectivity index (χ0) is 9.24. The van der Waals surface area contributed by atoms with Crippen LogP contribution in [0.2, 0.25) is 0 Å². The van der Waals surface area contributed by atoms with Crippen LogP contribution in [0.25, 0.3) is 0 Å². The molecule has 0 aromatic rings. The Kier molecular flexibility index (Phi) is 2.20. The normalized spacial score (nSPS) is 32.3. The molecule has 1 unspecified atom stereocenters. The fourth-order valence-electron chi connectivity index (χ4n) is 1.10. The summed E-state index contributed by atoms with van der Waals surface area (Å²) in [4.78, 5) is 0. The predicted octanol–water partition coefficient (Wildman–Crippen LogP) is 1.73. The maximum Gasteiger partial charge on any atom is 0.266 e. The van der Waals surface area contributed by atoms with Crippen LogP contribution in [0.1, 0.15) is 19.8 Å². The second kappa shape index (κ2) is 2.87. The first-order valence-corrected chi connectivity index (χ1v) is 3.72. The lowest BCUT2D eigenvalue weighted by Crippen LogP contribution is -2.32. The Morgan fingerprint density at radius 2 is 2.00 bits per heavy atom. The smallest absolute Gasteiger partial charge is 0.266 e. The summed E-state index contributed by atoms with van der Waals surface area (Å²) in [6, 6.07) is 0. The van der Waals surface area contributed by atoms with Gasteiger partial charge in [0, 0.05) is 6.42 Å². The average molecular weight is 172 g/mol. The zero-order valence-electron chi connectivity index (χ0n) is 6.77. The Hall–Kier alpha value is -0.880. The lowest BCUT2D eigenvalue weighted by Gasteiger charge is -2.26. The molecule has 1 N–H and O–H groups in total. The first-order valence-electron chi connectivity index (χ1n) is 3.72. The van der Waals surface area contributed by atoms with Crippen molar-refractivity contribution in [2.45, 2.75) is 31.3 Å². The molecule has 1 aliphatic rings. The number of halogens is 2. The molecule has 1 atom stereocenters. The summed E-state index contributed by atoms with van der Waals surface area (Å²) in [7, 11) is 0. The maximum absolute atomic E-state index is 12.5. The van der Waals surface area contributed by atoms with Crippen LogP contribution in [-0.2, 0) is 0 Å². The Labute approximate surface area is 70.1 Å². The highest BCUT2D eigenvalue weighted by molar-refractivity contribution is 5.25. The van der Waals surface area contributed by atoms with Crippen molar-refractivity contribution in [1.82, 2.24) is 0 Å². The predicted molar refractivity (Wildman–Crippen MR) is 41.7 cm³/mol. The van der Waals surface area contributed by atoms with Gasteiger partial charge in [0.05, 0.1) is 0 Å². The van der Waals surface area contributed by atoms with Gasteiger partial charge in [0.1, 0.15) is 5.60 Å². The van der Waals surface area contributed by atoms with E-state index in [0.717, 1.165) is 12.2 Å². The molecule has 0 aliphatic heterocycles. The minimum atomic E-state index is -2.78.